The van der Waals surface area contributed by atoms with Crippen LogP contribution < -0.4 is 14.8 Å². The summed E-state index contributed by atoms with van der Waals surface area (Å²) in [5.41, 5.74) is 0.384. The number of rotatable bonds is 6. The van der Waals surface area contributed by atoms with Crippen molar-refractivity contribution in [2.75, 3.05) is 13.2 Å². The third kappa shape index (κ3) is 2.76. The number of benzene rings is 1. The SMILES string of the molecule is CCNC1CC(Oc2ccc(OCC)cc2)C12CCCC2. The summed E-state index contributed by atoms with van der Waals surface area (Å²) in [6, 6.07) is 8.72. The van der Waals surface area contributed by atoms with E-state index in [9.17, 15) is 0 Å². The Kier molecular flexibility index (Phi) is 4.39. The molecule has 21 heavy (non-hydrogen) atoms. The van der Waals surface area contributed by atoms with Gasteiger partial charge in [-0.15, -0.1) is 0 Å². The second-order valence-electron chi connectivity index (χ2n) is 6.30. The summed E-state index contributed by atoms with van der Waals surface area (Å²) < 4.78 is 11.8. The average molecular weight is 289 g/mol. The van der Waals surface area contributed by atoms with Gasteiger partial charge < -0.3 is 14.8 Å². The van der Waals surface area contributed by atoms with Crippen molar-refractivity contribution in [2.45, 2.75) is 58.1 Å². The van der Waals surface area contributed by atoms with Crippen LogP contribution in [-0.2, 0) is 0 Å². The molecular formula is C18H27NO2. The minimum absolute atomic E-state index is 0.377. The van der Waals surface area contributed by atoms with Gasteiger partial charge in [-0.3, -0.25) is 0 Å². The molecule has 116 valence electrons. The zero-order valence-electron chi connectivity index (χ0n) is 13.2. The Bertz CT molecular complexity index is 451. The van der Waals surface area contributed by atoms with E-state index in [2.05, 4.69) is 12.2 Å². The Hall–Kier alpha value is -1.22. The molecule has 2 saturated carbocycles. The van der Waals surface area contributed by atoms with Gasteiger partial charge in [0.15, 0.2) is 0 Å². The van der Waals surface area contributed by atoms with E-state index in [-0.39, 0.29) is 0 Å². The van der Waals surface area contributed by atoms with E-state index in [4.69, 9.17) is 9.47 Å². The van der Waals surface area contributed by atoms with Crippen molar-refractivity contribution in [1.29, 1.82) is 0 Å². The summed E-state index contributed by atoms with van der Waals surface area (Å²) in [5.74, 6) is 1.89. The fraction of sp³-hybridized carbons (Fsp3) is 0.667. The second-order valence-corrected chi connectivity index (χ2v) is 6.30. The Balaban J connectivity index is 1.64. The van der Waals surface area contributed by atoms with Crippen LogP contribution in [0.4, 0.5) is 0 Å². The van der Waals surface area contributed by atoms with Crippen molar-refractivity contribution in [2.24, 2.45) is 5.41 Å². The van der Waals surface area contributed by atoms with Gasteiger partial charge in [0.25, 0.3) is 0 Å². The maximum atomic E-state index is 6.30. The van der Waals surface area contributed by atoms with Crippen LogP contribution >= 0.6 is 0 Å². The molecule has 3 rings (SSSR count). The van der Waals surface area contributed by atoms with E-state index in [1.54, 1.807) is 0 Å². The molecule has 1 spiro atoms. The Labute approximate surface area is 128 Å². The maximum absolute atomic E-state index is 6.30. The first kappa shape index (κ1) is 14.7. The first-order valence-electron chi connectivity index (χ1n) is 8.41. The van der Waals surface area contributed by atoms with Crippen molar-refractivity contribution in [1.82, 2.24) is 5.32 Å². The van der Waals surface area contributed by atoms with Gasteiger partial charge in [-0.1, -0.05) is 19.8 Å². The largest absolute Gasteiger partial charge is 0.494 e. The molecular weight excluding hydrogens is 262 g/mol. The van der Waals surface area contributed by atoms with Crippen molar-refractivity contribution in [3.8, 4) is 11.5 Å². The minimum Gasteiger partial charge on any atom is -0.494 e. The molecule has 3 nitrogen and oxygen atoms in total. The van der Waals surface area contributed by atoms with Crippen molar-refractivity contribution >= 4 is 0 Å². The Morgan fingerprint density at radius 2 is 1.76 bits per heavy atom. The third-order valence-corrected chi connectivity index (χ3v) is 5.18. The van der Waals surface area contributed by atoms with E-state index < -0.39 is 0 Å². The van der Waals surface area contributed by atoms with Crippen molar-refractivity contribution in [3.05, 3.63) is 24.3 Å². The summed E-state index contributed by atoms with van der Waals surface area (Å²) in [7, 11) is 0. The van der Waals surface area contributed by atoms with Crippen LogP contribution in [-0.4, -0.2) is 25.3 Å². The number of ether oxygens (including phenoxy) is 2. The normalized spacial score (nSPS) is 26.6. The van der Waals surface area contributed by atoms with Crippen molar-refractivity contribution in [3.63, 3.8) is 0 Å². The molecule has 2 fully saturated rings. The molecule has 1 aromatic carbocycles. The summed E-state index contributed by atoms with van der Waals surface area (Å²) in [6.07, 6.45) is 6.84. The highest BCUT2D eigenvalue weighted by atomic mass is 16.5. The molecule has 0 heterocycles. The lowest BCUT2D eigenvalue weighted by Crippen LogP contribution is -2.63. The number of nitrogens with one attached hydrogen (secondary N) is 1. The lowest BCUT2D eigenvalue weighted by molar-refractivity contribution is -0.0755. The molecule has 0 amide bonds. The van der Waals surface area contributed by atoms with Crippen LogP contribution in [0.2, 0.25) is 0 Å². The molecule has 1 N–H and O–H groups in total. The summed E-state index contributed by atoms with van der Waals surface area (Å²) in [6.45, 7) is 5.96. The van der Waals surface area contributed by atoms with Crippen LogP contribution in [0.25, 0.3) is 0 Å². The highest BCUT2D eigenvalue weighted by Crippen LogP contribution is 2.54. The van der Waals surface area contributed by atoms with E-state index in [0.29, 0.717) is 24.2 Å². The fourth-order valence-electron chi connectivity index (χ4n) is 4.09. The van der Waals surface area contributed by atoms with Gasteiger partial charge in [-0.05, 0) is 50.6 Å². The Morgan fingerprint density at radius 1 is 1.10 bits per heavy atom. The molecule has 0 bridgehead atoms. The second kappa shape index (κ2) is 6.27. The highest BCUT2D eigenvalue weighted by molar-refractivity contribution is 5.32. The molecule has 2 aliphatic carbocycles. The van der Waals surface area contributed by atoms with Gasteiger partial charge >= 0.3 is 0 Å². The van der Waals surface area contributed by atoms with Crippen LogP contribution in [0.1, 0.15) is 46.0 Å². The van der Waals surface area contributed by atoms with Gasteiger partial charge in [0.05, 0.1) is 6.61 Å². The highest BCUT2D eigenvalue weighted by Gasteiger charge is 2.57. The predicted octanol–water partition coefficient (Wildman–Crippen LogP) is 3.77. The quantitative estimate of drug-likeness (QED) is 0.864. The van der Waals surface area contributed by atoms with Gasteiger partial charge in [0.1, 0.15) is 17.6 Å². The summed E-state index contributed by atoms with van der Waals surface area (Å²) in [5, 5.41) is 3.66. The Morgan fingerprint density at radius 3 is 2.38 bits per heavy atom. The molecule has 1 aromatic rings. The van der Waals surface area contributed by atoms with E-state index in [1.807, 2.05) is 31.2 Å². The van der Waals surface area contributed by atoms with Crippen LogP contribution in [0.3, 0.4) is 0 Å². The van der Waals surface area contributed by atoms with Gasteiger partial charge in [0.2, 0.25) is 0 Å². The minimum atomic E-state index is 0.377. The molecule has 2 atom stereocenters. The number of hydrogen-bond acceptors (Lipinski definition) is 3. The molecule has 2 unspecified atom stereocenters. The van der Waals surface area contributed by atoms with Gasteiger partial charge in [-0.25, -0.2) is 0 Å². The van der Waals surface area contributed by atoms with Crippen LogP contribution in [0.5, 0.6) is 11.5 Å². The third-order valence-electron chi connectivity index (χ3n) is 5.18. The maximum Gasteiger partial charge on any atom is 0.120 e. The standard InChI is InChI=1S/C18H27NO2/c1-3-19-16-13-17(18(16)11-5-6-12-18)21-15-9-7-14(8-10-15)20-4-2/h7-10,16-17,19H,3-6,11-13H2,1-2H3. The van der Waals surface area contributed by atoms with Gasteiger partial charge in [-0.2, -0.15) is 0 Å². The average Bonchev–Trinajstić information content (AvgIpc) is 3.01. The van der Waals surface area contributed by atoms with Gasteiger partial charge in [0, 0.05) is 17.9 Å². The van der Waals surface area contributed by atoms with Crippen LogP contribution in [0, 0.1) is 5.41 Å². The molecule has 0 saturated heterocycles. The predicted molar refractivity (Wildman–Crippen MR) is 85.0 cm³/mol. The first-order chi connectivity index (χ1) is 10.3. The van der Waals surface area contributed by atoms with E-state index >= 15 is 0 Å². The van der Waals surface area contributed by atoms with E-state index in [1.165, 1.54) is 25.7 Å². The zero-order valence-corrected chi connectivity index (χ0v) is 13.2. The van der Waals surface area contributed by atoms with Crippen molar-refractivity contribution < 1.29 is 9.47 Å². The molecule has 0 aliphatic heterocycles. The lowest BCUT2D eigenvalue weighted by atomic mass is 9.60. The number of hydrogen-bond donors (Lipinski definition) is 1. The monoisotopic (exact) mass is 289 g/mol. The molecule has 0 aromatic heterocycles. The topological polar surface area (TPSA) is 30.5 Å². The molecule has 2 aliphatic rings. The first-order valence-corrected chi connectivity index (χ1v) is 8.41. The molecule has 0 radical (unpaired) electrons. The summed E-state index contributed by atoms with van der Waals surface area (Å²) in [4.78, 5) is 0. The van der Waals surface area contributed by atoms with E-state index in [0.717, 1.165) is 24.5 Å². The van der Waals surface area contributed by atoms with Crippen LogP contribution in [0.15, 0.2) is 24.3 Å². The zero-order chi connectivity index (χ0) is 14.7. The lowest BCUT2D eigenvalue weighted by Gasteiger charge is -2.54. The summed E-state index contributed by atoms with van der Waals surface area (Å²) >= 11 is 0. The smallest absolute Gasteiger partial charge is 0.120 e. The fourth-order valence-corrected chi connectivity index (χ4v) is 4.09. The molecule has 3 heteroatoms.